The van der Waals surface area contributed by atoms with Gasteiger partial charge in [-0.05, 0) is 12.5 Å². The fraction of sp³-hybridized carbons (Fsp3) is 0.429. The maximum atomic E-state index is 12.0. The average molecular weight is 279 g/mol. The van der Waals surface area contributed by atoms with Crippen LogP contribution in [0, 0.1) is 0 Å². The molecule has 2 rings (SSSR count). The lowest BCUT2D eigenvalue weighted by Crippen LogP contribution is -2.43. The zero-order chi connectivity index (χ0) is 14.4. The second kappa shape index (κ2) is 6.91. The summed E-state index contributed by atoms with van der Waals surface area (Å²) in [7, 11) is 0. The standard InChI is InChI=1S/C14H17NO5/c1-2-19-13(16)12-9-18-10-15(12)14(17)20-8-11-6-4-3-5-7-11/h3-7,12H,2,8-10H2,1H3. The quantitative estimate of drug-likeness (QED) is 0.782. The molecule has 6 heteroatoms. The van der Waals surface area contributed by atoms with Gasteiger partial charge in [-0.25, -0.2) is 9.59 Å². The molecular formula is C14H17NO5. The van der Waals surface area contributed by atoms with Crippen molar-refractivity contribution >= 4 is 12.1 Å². The molecule has 1 fully saturated rings. The normalized spacial score (nSPS) is 17.9. The Morgan fingerprint density at radius 1 is 1.30 bits per heavy atom. The van der Waals surface area contributed by atoms with E-state index in [1.165, 1.54) is 4.90 Å². The van der Waals surface area contributed by atoms with Crippen molar-refractivity contribution in [2.24, 2.45) is 0 Å². The van der Waals surface area contributed by atoms with Crippen LogP contribution < -0.4 is 0 Å². The molecule has 6 nitrogen and oxygen atoms in total. The van der Waals surface area contributed by atoms with Crippen LogP contribution >= 0.6 is 0 Å². The van der Waals surface area contributed by atoms with Gasteiger partial charge in [-0.3, -0.25) is 4.90 Å². The van der Waals surface area contributed by atoms with E-state index >= 15 is 0 Å². The van der Waals surface area contributed by atoms with Gasteiger partial charge in [-0.15, -0.1) is 0 Å². The second-order valence-electron chi connectivity index (χ2n) is 4.28. The molecule has 1 atom stereocenters. The van der Waals surface area contributed by atoms with Gasteiger partial charge in [-0.1, -0.05) is 30.3 Å². The number of hydrogen-bond donors (Lipinski definition) is 0. The Morgan fingerprint density at radius 2 is 2.05 bits per heavy atom. The summed E-state index contributed by atoms with van der Waals surface area (Å²) in [5.74, 6) is -0.471. The fourth-order valence-electron chi connectivity index (χ4n) is 1.86. The van der Waals surface area contributed by atoms with Crippen LogP contribution in [0.4, 0.5) is 4.79 Å². The Labute approximate surface area is 117 Å². The number of esters is 1. The molecule has 1 aromatic rings. The minimum Gasteiger partial charge on any atom is -0.464 e. The summed E-state index contributed by atoms with van der Waals surface area (Å²) >= 11 is 0. The number of benzene rings is 1. The number of carbonyl (C=O) groups excluding carboxylic acids is 2. The molecule has 0 saturated carbocycles. The molecule has 20 heavy (non-hydrogen) atoms. The molecule has 1 aliphatic heterocycles. The van der Waals surface area contributed by atoms with Crippen LogP contribution in [0.5, 0.6) is 0 Å². The third kappa shape index (κ3) is 3.48. The molecule has 0 aliphatic carbocycles. The van der Waals surface area contributed by atoms with Gasteiger partial charge in [0.15, 0.2) is 6.04 Å². The Morgan fingerprint density at radius 3 is 2.75 bits per heavy atom. The predicted octanol–water partition coefficient (Wildman–Crippen LogP) is 1.54. The molecular weight excluding hydrogens is 262 g/mol. The van der Waals surface area contributed by atoms with Crippen molar-refractivity contribution in [2.75, 3.05) is 19.9 Å². The maximum absolute atomic E-state index is 12.0. The van der Waals surface area contributed by atoms with Crippen LogP contribution in [0.25, 0.3) is 0 Å². The largest absolute Gasteiger partial charge is 0.464 e. The zero-order valence-corrected chi connectivity index (χ0v) is 11.3. The molecule has 0 spiro atoms. The van der Waals surface area contributed by atoms with E-state index in [0.717, 1.165) is 5.56 Å². The third-order valence-corrected chi connectivity index (χ3v) is 2.88. The van der Waals surface area contributed by atoms with E-state index < -0.39 is 18.1 Å². The smallest absolute Gasteiger partial charge is 0.412 e. The summed E-state index contributed by atoms with van der Waals surface area (Å²) in [5, 5.41) is 0. The lowest BCUT2D eigenvalue weighted by molar-refractivity contribution is -0.147. The highest BCUT2D eigenvalue weighted by molar-refractivity contribution is 5.82. The van der Waals surface area contributed by atoms with Crippen molar-refractivity contribution in [1.82, 2.24) is 4.90 Å². The first-order valence-corrected chi connectivity index (χ1v) is 6.44. The van der Waals surface area contributed by atoms with Crippen molar-refractivity contribution in [3.05, 3.63) is 35.9 Å². The van der Waals surface area contributed by atoms with Crippen LogP contribution in [0.1, 0.15) is 12.5 Å². The number of hydrogen-bond acceptors (Lipinski definition) is 5. The average Bonchev–Trinajstić information content (AvgIpc) is 2.96. The van der Waals surface area contributed by atoms with Gasteiger partial charge in [0.1, 0.15) is 13.3 Å². The van der Waals surface area contributed by atoms with E-state index in [-0.39, 0.29) is 26.6 Å². The summed E-state index contributed by atoms with van der Waals surface area (Å²) in [6.45, 7) is 2.32. The van der Waals surface area contributed by atoms with Crippen LogP contribution in [0.3, 0.4) is 0 Å². The summed E-state index contributed by atoms with van der Waals surface area (Å²) in [6, 6.07) is 8.61. The lowest BCUT2D eigenvalue weighted by atomic mass is 10.2. The van der Waals surface area contributed by atoms with Crippen molar-refractivity contribution in [1.29, 1.82) is 0 Å². The van der Waals surface area contributed by atoms with E-state index in [1.54, 1.807) is 6.92 Å². The van der Waals surface area contributed by atoms with Gasteiger partial charge in [0, 0.05) is 0 Å². The number of amides is 1. The molecule has 1 saturated heterocycles. The van der Waals surface area contributed by atoms with Gasteiger partial charge < -0.3 is 14.2 Å². The first-order chi connectivity index (χ1) is 9.72. The van der Waals surface area contributed by atoms with Gasteiger partial charge in [0.2, 0.25) is 0 Å². The molecule has 1 aromatic carbocycles. The zero-order valence-electron chi connectivity index (χ0n) is 11.3. The maximum Gasteiger partial charge on any atom is 0.412 e. The molecule has 0 N–H and O–H groups in total. The van der Waals surface area contributed by atoms with Crippen molar-refractivity contribution in [2.45, 2.75) is 19.6 Å². The molecule has 1 amide bonds. The van der Waals surface area contributed by atoms with Gasteiger partial charge in [-0.2, -0.15) is 0 Å². The van der Waals surface area contributed by atoms with Crippen LogP contribution in [-0.2, 0) is 25.6 Å². The molecule has 108 valence electrons. The van der Waals surface area contributed by atoms with Crippen molar-refractivity contribution < 1.29 is 23.8 Å². The summed E-state index contributed by atoms with van der Waals surface area (Å²) in [6.07, 6.45) is -0.579. The summed E-state index contributed by atoms with van der Waals surface area (Å²) < 4.78 is 15.2. The molecule has 1 aliphatic rings. The Hall–Kier alpha value is -2.08. The van der Waals surface area contributed by atoms with Gasteiger partial charge >= 0.3 is 12.1 Å². The van der Waals surface area contributed by atoms with Crippen LogP contribution in [0.2, 0.25) is 0 Å². The number of nitrogens with zero attached hydrogens (tertiary/aromatic N) is 1. The second-order valence-corrected chi connectivity index (χ2v) is 4.28. The van der Waals surface area contributed by atoms with Crippen LogP contribution in [0.15, 0.2) is 30.3 Å². The highest BCUT2D eigenvalue weighted by Gasteiger charge is 2.37. The third-order valence-electron chi connectivity index (χ3n) is 2.88. The summed E-state index contributed by atoms with van der Waals surface area (Å²) in [5.41, 5.74) is 0.883. The van der Waals surface area contributed by atoms with Crippen molar-refractivity contribution in [3.63, 3.8) is 0 Å². The highest BCUT2D eigenvalue weighted by Crippen LogP contribution is 2.14. The predicted molar refractivity (Wildman–Crippen MR) is 69.7 cm³/mol. The molecule has 0 radical (unpaired) electrons. The van der Waals surface area contributed by atoms with Crippen LogP contribution in [-0.4, -0.2) is 42.9 Å². The number of carbonyl (C=O) groups is 2. The molecule has 1 unspecified atom stereocenters. The molecule has 0 bridgehead atoms. The minimum absolute atomic E-state index is 0.0388. The number of rotatable bonds is 4. The van der Waals surface area contributed by atoms with Gasteiger partial charge in [0.05, 0.1) is 13.2 Å². The summed E-state index contributed by atoms with van der Waals surface area (Å²) in [4.78, 5) is 24.9. The molecule has 1 heterocycles. The monoisotopic (exact) mass is 279 g/mol. The first kappa shape index (κ1) is 14.3. The topological polar surface area (TPSA) is 65.1 Å². The Kier molecular flexibility index (Phi) is 4.95. The van der Waals surface area contributed by atoms with E-state index in [0.29, 0.717) is 0 Å². The van der Waals surface area contributed by atoms with E-state index in [4.69, 9.17) is 14.2 Å². The lowest BCUT2D eigenvalue weighted by Gasteiger charge is -2.20. The highest BCUT2D eigenvalue weighted by atomic mass is 16.6. The van der Waals surface area contributed by atoms with Crippen molar-refractivity contribution in [3.8, 4) is 0 Å². The Balaban J connectivity index is 1.89. The first-order valence-electron chi connectivity index (χ1n) is 6.44. The minimum atomic E-state index is -0.724. The van der Waals surface area contributed by atoms with E-state index in [9.17, 15) is 9.59 Å². The SMILES string of the molecule is CCOC(=O)C1COCN1C(=O)OCc1ccccc1. The van der Waals surface area contributed by atoms with Gasteiger partial charge in [0.25, 0.3) is 0 Å². The van der Waals surface area contributed by atoms with E-state index in [1.807, 2.05) is 30.3 Å². The molecule has 0 aromatic heterocycles. The fourth-order valence-corrected chi connectivity index (χ4v) is 1.86. The van der Waals surface area contributed by atoms with E-state index in [2.05, 4.69) is 0 Å². The Bertz CT molecular complexity index is 462. The number of ether oxygens (including phenoxy) is 3.